The topological polar surface area (TPSA) is 46.5 Å². The smallest absolute Gasteiger partial charge is 0.192 e. The molecule has 0 aromatic carbocycles. The largest absolute Gasteiger partial charge is 0.411 e. The zero-order chi connectivity index (χ0) is 16.7. The van der Waals surface area contributed by atoms with Crippen LogP contribution in [0.3, 0.4) is 0 Å². The van der Waals surface area contributed by atoms with Gasteiger partial charge in [-0.05, 0) is 49.7 Å². The molecule has 22 heavy (non-hydrogen) atoms. The van der Waals surface area contributed by atoms with Crippen LogP contribution in [0.4, 0.5) is 0 Å². The Labute approximate surface area is 135 Å². The van der Waals surface area contributed by atoms with Crippen LogP contribution < -0.4 is 0 Å². The molecule has 6 atom stereocenters. The molecule has 3 fully saturated rings. The van der Waals surface area contributed by atoms with Crippen LogP contribution in [-0.4, -0.2) is 30.4 Å². The molecule has 0 saturated heterocycles. The summed E-state index contributed by atoms with van der Waals surface area (Å²) < 4.78 is 6.79. The summed E-state index contributed by atoms with van der Waals surface area (Å²) in [5.74, 6) is 0.940. The first-order chi connectivity index (χ1) is 9.83. The van der Waals surface area contributed by atoms with Crippen molar-refractivity contribution in [1.82, 2.24) is 0 Å². The molecule has 3 nitrogen and oxygen atoms in total. The number of rotatable bonds is 2. The Morgan fingerprint density at radius 3 is 2.41 bits per heavy atom. The standard InChI is InChI=1S/C18H32O3Si/c1-11-12-8-9-13-14(12)18(20,15(11)19)10-17(13,5)21-22(6,7)16(2,3)4/h11-14,20H,8-10H2,1-7H3/t11-,12-,13-,14+,17-,18+/m1/s1. The first-order valence-corrected chi connectivity index (χ1v) is 11.7. The maximum absolute atomic E-state index is 12.7. The zero-order valence-electron chi connectivity index (χ0n) is 15.2. The van der Waals surface area contributed by atoms with Crippen molar-refractivity contribution in [2.24, 2.45) is 23.7 Å². The highest BCUT2D eigenvalue weighted by molar-refractivity contribution is 6.74. The normalized spacial score (nSPS) is 48.1. The van der Waals surface area contributed by atoms with Crippen LogP contribution in [-0.2, 0) is 9.22 Å². The molecule has 3 aliphatic carbocycles. The van der Waals surface area contributed by atoms with Gasteiger partial charge in [-0.1, -0.05) is 27.7 Å². The van der Waals surface area contributed by atoms with Crippen LogP contribution in [0.15, 0.2) is 0 Å². The number of hydrogen-bond acceptors (Lipinski definition) is 3. The fourth-order valence-corrected chi connectivity index (χ4v) is 7.13. The summed E-state index contributed by atoms with van der Waals surface area (Å²) in [7, 11) is -1.92. The first-order valence-electron chi connectivity index (χ1n) is 8.80. The molecule has 3 aliphatic rings. The average Bonchev–Trinajstić information content (AvgIpc) is 2.91. The molecule has 3 rings (SSSR count). The third-order valence-electron chi connectivity index (χ3n) is 7.44. The summed E-state index contributed by atoms with van der Waals surface area (Å²) in [6.07, 6.45) is 2.67. The van der Waals surface area contributed by atoms with Crippen LogP contribution in [0.25, 0.3) is 0 Å². The van der Waals surface area contributed by atoms with Crippen molar-refractivity contribution in [3.8, 4) is 0 Å². The number of Topliss-reactive ketones (excluding diaryl/α,β-unsaturated/α-hetero) is 1. The van der Waals surface area contributed by atoms with Crippen LogP contribution in [0, 0.1) is 23.7 Å². The second-order valence-corrected chi connectivity index (χ2v) is 14.5. The van der Waals surface area contributed by atoms with E-state index in [2.05, 4.69) is 40.8 Å². The molecular weight excluding hydrogens is 292 g/mol. The first kappa shape index (κ1) is 16.7. The van der Waals surface area contributed by atoms with Crippen molar-refractivity contribution in [2.45, 2.75) is 83.2 Å². The highest BCUT2D eigenvalue weighted by atomic mass is 28.4. The zero-order valence-corrected chi connectivity index (χ0v) is 16.2. The summed E-state index contributed by atoms with van der Waals surface area (Å²) in [6, 6.07) is 0. The average molecular weight is 325 g/mol. The minimum absolute atomic E-state index is 0.0254. The molecule has 0 unspecified atom stereocenters. The van der Waals surface area contributed by atoms with Gasteiger partial charge < -0.3 is 9.53 Å². The molecular formula is C18H32O3Si. The van der Waals surface area contributed by atoms with Crippen LogP contribution >= 0.6 is 0 Å². The summed E-state index contributed by atoms with van der Waals surface area (Å²) in [4.78, 5) is 12.7. The van der Waals surface area contributed by atoms with Gasteiger partial charge >= 0.3 is 0 Å². The molecule has 126 valence electrons. The molecule has 0 amide bonds. The van der Waals surface area contributed by atoms with E-state index in [-0.39, 0.29) is 28.3 Å². The molecule has 4 heteroatoms. The Bertz CT molecular complexity index is 509. The van der Waals surface area contributed by atoms with E-state index in [9.17, 15) is 9.90 Å². The second-order valence-electron chi connectivity index (χ2n) is 9.80. The molecule has 0 aromatic rings. The number of aliphatic hydroxyl groups is 1. The maximum atomic E-state index is 12.7. The Morgan fingerprint density at radius 2 is 1.86 bits per heavy atom. The lowest BCUT2D eigenvalue weighted by atomic mass is 9.86. The second kappa shape index (κ2) is 4.45. The van der Waals surface area contributed by atoms with Gasteiger partial charge in [-0.2, -0.15) is 0 Å². The minimum atomic E-state index is -1.92. The Morgan fingerprint density at radius 1 is 1.27 bits per heavy atom. The van der Waals surface area contributed by atoms with Crippen LogP contribution in [0.2, 0.25) is 18.1 Å². The van der Waals surface area contributed by atoms with Crippen molar-refractivity contribution in [1.29, 1.82) is 0 Å². The van der Waals surface area contributed by atoms with Crippen LogP contribution in [0.5, 0.6) is 0 Å². The maximum Gasteiger partial charge on any atom is 0.192 e. The third-order valence-corrected chi connectivity index (χ3v) is 12.0. The van der Waals surface area contributed by atoms with Gasteiger partial charge in [0.1, 0.15) is 5.60 Å². The summed E-state index contributed by atoms with van der Waals surface area (Å²) in [5.41, 5.74) is -1.46. The van der Waals surface area contributed by atoms with Gasteiger partial charge in [-0.25, -0.2) is 0 Å². The van der Waals surface area contributed by atoms with Gasteiger partial charge in [-0.3, -0.25) is 4.79 Å². The van der Waals surface area contributed by atoms with E-state index < -0.39 is 13.9 Å². The summed E-state index contributed by atoms with van der Waals surface area (Å²) >= 11 is 0. The minimum Gasteiger partial charge on any atom is -0.411 e. The van der Waals surface area contributed by atoms with Crippen molar-refractivity contribution in [3.63, 3.8) is 0 Å². The third kappa shape index (κ3) is 1.96. The predicted octanol–water partition coefficient (Wildman–Crippen LogP) is 3.76. The highest BCUT2D eigenvalue weighted by Gasteiger charge is 2.72. The molecule has 0 spiro atoms. The van der Waals surface area contributed by atoms with E-state index in [0.717, 1.165) is 12.8 Å². The monoisotopic (exact) mass is 324 g/mol. The molecule has 0 aromatic heterocycles. The van der Waals surface area contributed by atoms with Gasteiger partial charge in [-0.15, -0.1) is 0 Å². The number of carbonyl (C=O) groups excluding carboxylic acids is 1. The predicted molar refractivity (Wildman–Crippen MR) is 90.1 cm³/mol. The molecule has 0 radical (unpaired) electrons. The van der Waals surface area contributed by atoms with Gasteiger partial charge in [0.25, 0.3) is 0 Å². The van der Waals surface area contributed by atoms with Crippen molar-refractivity contribution in [2.75, 3.05) is 0 Å². The lowest BCUT2D eigenvalue weighted by Crippen LogP contribution is -2.51. The summed E-state index contributed by atoms with van der Waals surface area (Å²) in [5, 5.41) is 11.3. The molecule has 1 N–H and O–H groups in total. The Kier molecular flexibility index (Phi) is 3.37. The van der Waals surface area contributed by atoms with E-state index in [1.54, 1.807) is 0 Å². The number of carbonyl (C=O) groups is 1. The van der Waals surface area contributed by atoms with Gasteiger partial charge in [0.05, 0.1) is 5.60 Å². The SMILES string of the molecule is C[C@H]1C(=O)[C@]2(O)C[C@@](C)(O[Si](C)(C)C(C)(C)C)[C@@H]3CC[C@H]1[C@@H]32. The van der Waals surface area contributed by atoms with Crippen molar-refractivity contribution >= 4 is 14.1 Å². The molecule has 0 heterocycles. The van der Waals surface area contributed by atoms with E-state index in [1.165, 1.54) is 0 Å². The molecule has 0 aliphatic heterocycles. The number of ketones is 1. The summed E-state index contributed by atoms with van der Waals surface area (Å²) in [6.45, 7) is 15.5. The van der Waals surface area contributed by atoms with E-state index >= 15 is 0 Å². The van der Waals surface area contributed by atoms with Gasteiger partial charge in [0.15, 0.2) is 14.1 Å². The van der Waals surface area contributed by atoms with E-state index in [1.807, 2.05) is 6.92 Å². The van der Waals surface area contributed by atoms with Crippen LogP contribution in [0.1, 0.15) is 53.9 Å². The van der Waals surface area contributed by atoms with Gasteiger partial charge in [0, 0.05) is 18.3 Å². The van der Waals surface area contributed by atoms with Crippen molar-refractivity contribution < 1.29 is 14.3 Å². The number of hydrogen-bond donors (Lipinski definition) is 1. The quantitative estimate of drug-likeness (QED) is 0.787. The fourth-order valence-electron chi connectivity index (χ4n) is 5.43. The highest BCUT2D eigenvalue weighted by Crippen LogP contribution is 2.65. The van der Waals surface area contributed by atoms with Crippen molar-refractivity contribution in [3.05, 3.63) is 0 Å². The lowest BCUT2D eigenvalue weighted by Gasteiger charge is -2.45. The molecule has 3 saturated carbocycles. The Hall–Kier alpha value is -0.193. The lowest BCUT2D eigenvalue weighted by molar-refractivity contribution is -0.138. The van der Waals surface area contributed by atoms with Gasteiger partial charge in [0.2, 0.25) is 0 Å². The van der Waals surface area contributed by atoms with E-state index in [4.69, 9.17) is 4.43 Å². The van der Waals surface area contributed by atoms with E-state index in [0.29, 0.717) is 18.3 Å². The fraction of sp³-hybridized carbons (Fsp3) is 0.944. The molecule has 0 bridgehead atoms. The Balaban J connectivity index is 1.94.